The average molecular weight is 253 g/mol. The highest BCUT2D eigenvalue weighted by atomic mass is 19.1. The Morgan fingerprint density at radius 3 is 2.89 bits per heavy atom. The van der Waals surface area contributed by atoms with Crippen LogP contribution in [0.15, 0.2) is 18.2 Å². The van der Waals surface area contributed by atoms with Gasteiger partial charge in [0, 0.05) is 19.1 Å². The number of hydrogen-bond acceptors (Lipinski definition) is 4. The fraction of sp³-hybridized carbons (Fsp3) is 0.500. The van der Waals surface area contributed by atoms with Crippen molar-refractivity contribution < 1.29 is 9.31 Å². The molecule has 1 N–H and O–H groups in total. The Bertz CT molecular complexity index is 449. The number of rotatable bonds is 6. The van der Waals surface area contributed by atoms with Crippen LogP contribution in [0.1, 0.15) is 12.8 Å². The number of halogens is 1. The maximum Gasteiger partial charge on any atom is 0.327 e. The van der Waals surface area contributed by atoms with Gasteiger partial charge in [-0.2, -0.15) is 4.39 Å². The van der Waals surface area contributed by atoms with Crippen LogP contribution in [0.25, 0.3) is 0 Å². The number of nitrogens with zero attached hydrogens (tertiary/aromatic N) is 2. The Hall–Kier alpha value is -1.69. The first-order chi connectivity index (χ1) is 8.59. The van der Waals surface area contributed by atoms with E-state index in [0.29, 0.717) is 12.6 Å². The van der Waals surface area contributed by atoms with Gasteiger partial charge in [-0.1, -0.05) is 6.07 Å². The van der Waals surface area contributed by atoms with Gasteiger partial charge in [0.05, 0.1) is 4.92 Å². The summed E-state index contributed by atoms with van der Waals surface area (Å²) in [4.78, 5) is 12.3. The molecule has 0 heterocycles. The third-order valence-electron chi connectivity index (χ3n) is 3.12. The summed E-state index contributed by atoms with van der Waals surface area (Å²) in [7, 11) is 2.03. The fourth-order valence-electron chi connectivity index (χ4n) is 1.91. The van der Waals surface area contributed by atoms with E-state index >= 15 is 0 Å². The number of para-hydroxylation sites is 1. The third kappa shape index (κ3) is 2.95. The van der Waals surface area contributed by atoms with Crippen LogP contribution in [0.4, 0.5) is 15.8 Å². The zero-order valence-corrected chi connectivity index (χ0v) is 10.2. The van der Waals surface area contributed by atoms with Crippen LogP contribution in [0.2, 0.25) is 0 Å². The number of nitro benzene ring substituents is 1. The van der Waals surface area contributed by atoms with Gasteiger partial charge in [0.15, 0.2) is 0 Å². The first-order valence-electron chi connectivity index (χ1n) is 5.96. The molecule has 0 saturated heterocycles. The van der Waals surface area contributed by atoms with Gasteiger partial charge >= 0.3 is 5.69 Å². The van der Waals surface area contributed by atoms with Crippen molar-refractivity contribution in [3.05, 3.63) is 34.1 Å². The highest BCUT2D eigenvalue weighted by Gasteiger charge is 2.25. The molecule has 0 aromatic heterocycles. The number of likely N-dealkylation sites (N-methyl/N-ethyl adjacent to an activating group) is 1. The molecule has 98 valence electrons. The molecular formula is C12H16FN3O2. The lowest BCUT2D eigenvalue weighted by atomic mass is 10.2. The van der Waals surface area contributed by atoms with Crippen LogP contribution >= 0.6 is 0 Å². The summed E-state index contributed by atoms with van der Waals surface area (Å²) in [5.41, 5.74) is -0.240. The van der Waals surface area contributed by atoms with E-state index in [0.717, 1.165) is 12.6 Å². The largest absolute Gasteiger partial charge is 0.378 e. The molecule has 1 aliphatic carbocycles. The van der Waals surface area contributed by atoms with Gasteiger partial charge in [0.2, 0.25) is 5.82 Å². The van der Waals surface area contributed by atoms with Crippen LogP contribution in [-0.4, -0.2) is 36.0 Å². The van der Waals surface area contributed by atoms with Gasteiger partial charge < -0.3 is 10.2 Å². The first-order valence-corrected chi connectivity index (χ1v) is 5.96. The maximum absolute atomic E-state index is 13.3. The van der Waals surface area contributed by atoms with Gasteiger partial charge in [-0.05, 0) is 32.0 Å². The molecule has 0 aliphatic heterocycles. The number of anilines is 1. The van der Waals surface area contributed by atoms with Crippen molar-refractivity contribution >= 4 is 11.4 Å². The van der Waals surface area contributed by atoms with Gasteiger partial charge in [0.1, 0.15) is 5.69 Å². The first kappa shape index (κ1) is 12.8. The topological polar surface area (TPSA) is 58.4 Å². The molecule has 1 aromatic carbocycles. The Morgan fingerprint density at radius 1 is 1.56 bits per heavy atom. The van der Waals surface area contributed by atoms with Crippen molar-refractivity contribution in [1.82, 2.24) is 4.90 Å². The second-order valence-corrected chi connectivity index (χ2v) is 4.53. The van der Waals surface area contributed by atoms with Crippen molar-refractivity contribution in [2.75, 3.05) is 25.5 Å². The maximum atomic E-state index is 13.3. The molecule has 0 amide bonds. The van der Waals surface area contributed by atoms with Crippen LogP contribution in [0.5, 0.6) is 0 Å². The van der Waals surface area contributed by atoms with Crippen molar-refractivity contribution in [3.8, 4) is 0 Å². The zero-order chi connectivity index (χ0) is 13.1. The number of benzene rings is 1. The Labute approximate surface area is 105 Å². The van der Waals surface area contributed by atoms with Gasteiger partial charge in [-0.15, -0.1) is 0 Å². The molecule has 1 aromatic rings. The second-order valence-electron chi connectivity index (χ2n) is 4.53. The van der Waals surface area contributed by atoms with Crippen LogP contribution in [-0.2, 0) is 0 Å². The minimum absolute atomic E-state index is 0.240. The van der Waals surface area contributed by atoms with E-state index < -0.39 is 16.4 Å². The number of nitro groups is 1. The summed E-state index contributed by atoms with van der Waals surface area (Å²) in [5, 5.41) is 13.7. The Balaban J connectivity index is 1.95. The van der Waals surface area contributed by atoms with E-state index in [4.69, 9.17) is 0 Å². The normalized spacial score (nSPS) is 14.8. The lowest BCUT2D eigenvalue weighted by Gasteiger charge is -2.16. The van der Waals surface area contributed by atoms with E-state index in [1.807, 2.05) is 7.05 Å². The van der Waals surface area contributed by atoms with E-state index in [1.54, 1.807) is 0 Å². The average Bonchev–Trinajstić information content (AvgIpc) is 3.12. The summed E-state index contributed by atoms with van der Waals surface area (Å²) >= 11 is 0. The van der Waals surface area contributed by atoms with Crippen molar-refractivity contribution in [3.63, 3.8) is 0 Å². The Morgan fingerprint density at radius 2 is 2.28 bits per heavy atom. The molecule has 2 rings (SSSR count). The monoisotopic (exact) mass is 253 g/mol. The van der Waals surface area contributed by atoms with Crippen LogP contribution < -0.4 is 5.32 Å². The van der Waals surface area contributed by atoms with Crippen molar-refractivity contribution in [1.29, 1.82) is 0 Å². The lowest BCUT2D eigenvalue weighted by Crippen LogP contribution is -2.27. The highest BCUT2D eigenvalue weighted by molar-refractivity contribution is 5.61. The fourth-order valence-corrected chi connectivity index (χ4v) is 1.91. The summed E-state index contributed by atoms with van der Waals surface area (Å²) in [6.45, 7) is 1.36. The molecule has 1 aliphatic rings. The van der Waals surface area contributed by atoms with E-state index in [9.17, 15) is 14.5 Å². The SMILES string of the molecule is CN(CCNc1cccc(F)c1[N+](=O)[O-])C1CC1. The molecule has 5 nitrogen and oxygen atoms in total. The van der Waals surface area contributed by atoms with Gasteiger partial charge in [-0.25, -0.2) is 0 Å². The minimum Gasteiger partial charge on any atom is -0.378 e. The van der Waals surface area contributed by atoms with Gasteiger partial charge in [0.25, 0.3) is 0 Å². The lowest BCUT2D eigenvalue weighted by molar-refractivity contribution is -0.386. The zero-order valence-electron chi connectivity index (χ0n) is 10.2. The van der Waals surface area contributed by atoms with Crippen LogP contribution in [0.3, 0.4) is 0 Å². The molecule has 0 radical (unpaired) electrons. The smallest absolute Gasteiger partial charge is 0.327 e. The standard InChI is InChI=1S/C12H16FN3O2/c1-15(9-5-6-9)8-7-14-11-4-2-3-10(13)12(11)16(17)18/h2-4,9,14H,5-8H2,1H3. The molecule has 6 heteroatoms. The number of nitrogens with one attached hydrogen (secondary N) is 1. The molecule has 0 atom stereocenters. The van der Waals surface area contributed by atoms with E-state index in [-0.39, 0.29) is 5.69 Å². The summed E-state index contributed by atoms with van der Waals surface area (Å²) in [6, 6.07) is 4.74. The third-order valence-corrected chi connectivity index (χ3v) is 3.12. The molecule has 1 saturated carbocycles. The predicted molar refractivity (Wildman–Crippen MR) is 67.2 cm³/mol. The molecular weight excluding hydrogens is 237 g/mol. The summed E-state index contributed by atoms with van der Waals surface area (Å²) in [6.07, 6.45) is 2.44. The summed E-state index contributed by atoms with van der Waals surface area (Å²) in [5.74, 6) is -0.805. The van der Waals surface area contributed by atoms with Crippen LogP contribution in [0, 0.1) is 15.9 Å². The quantitative estimate of drug-likeness (QED) is 0.624. The second kappa shape index (κ2) is 5.30. The molecule has 0 unspecified atom stereocenters. The van der Waals surface area contributed by atoms with Crippen molar-refractivity contribution in [2.45, 2.75) is 18.9 Å². The predicted octanol–water partition coefficient (Wildman–Crippen LogP) is 2.24. The minimum atomic E-state index is -0.805. The van der Waals surface area contributed by atoms with Gasteiger partial charge in [-0.3, -0.25) is 10.1 Å². The highest BCUT2D eigenvalue weighted by Crippen LogP contribution is 2.27. The molecule has 18 heavy (non-hydrogen) atoms. The summed E-state index contributed by atoms with van der Waals surface area (Å²) < 4.78 is 13.3. The molecule has 0 bridgehead atoms. The van der Waals surface area contributed by atoms with E-state index in [1.165, 1.54) is 25.0 Å². The number of hydrogen-bond donors (Lipinski definition) is 1. The van der Waals surface area contributed by atoms with Crippen molar-refractivity contribution in [2.24, 2.45) is 0 Å². The van der Waals surface area contributed by atoms with E-state index in [2.05, 4.69) is 10.2 Å². The molecule has 1 fully saturated rings. The molecule has 0 spiro atoms. The Kier molecular flexibility index (Phi) is 3.76.